The van der Waals surface area contributed by atoms with Crippen molar-refractivity contribution in [3.8, 4) is 11.8 Å². The van der Waals surface area contributed by atoms with Crippen LogP contribution in [0.3, 0.4) is 0 Å². The third kappa shape index (κ3) is 3.99. The predicted octanol–water partition coefficient (Wildman–Crippen LogP) is -0.388. The van der Waals surface area contributed by atoms with Crippen molar-refractivity contribution in [2.75, 3.05) is 11.3 Å². The summed E-state index contributed by atoms with van der Waals surface area (Å²) < 4.78 is 23.8. The zero-order valence-electron chi connectivity index (χ0n) is 7.90. The zero-order chi connectivity index (χ0) is 11.3. The number of anilines is 1. The Kier molecular flexibility index (Phi) is 3.68. The molecule has 0 fully saturated rings. The van der Waals surface area contributed by atoms with Crippen molar-refractivity contribution in [3.05, 3.63) is 29.8 Å². The molecule has 80 valence electrons. The highest BCUT2D eigenvalue weighted by atomic mass is 32.2. The monoisotopic (exact) mass is 225 g/mol. The first-order chi connectivity index (χ1) is 7.03. The first-order valence-corrected chi connectivity index (χ1v) is 5.66. The third-order valence-electron chi connectivity index (χ3n) is 1.50. The van der Waals surface area contributed by atoms with Crippen molar-refractivity contribution in [1.82, 2.24) is 0 Å². The van der Waals surface area contributed by atoms with Gasteiger partial charge in [0, 0.05) is 5.56 Å². The van der Waals surface area contributed by atoms with Gasteiger partial charge in [-0.15, -0.1) is 0 Å². The molecule has 0 atom stereocenters. The van der Waals surface area contributed by atoms with Crippen molar-refractivity contribution in [3.63, 3.8) is 0 Å². The van der Waals surface area contributed by atoms with Crippen LogP contribution in [0, 0.1) is 11.8 Å². The average molecular weight is 225 g/mol. The molecule has 5 N–H and O–H groups in total. The van der Waals surface area contributed by atoms with Crippen LogP contribution in [0.4, 0.5) is 5.69 Å². The number of nitrogens with one attached hydrogen (secondary N) is 1. The van der Waals surface area contributed by atoms with Crippen molar-refractivity contribution in [2.24, 2.45) is 10.9 Å². The topological polar surface area (TPSA) is 98.2 Å². The van der Waals surface area contributed by atoms with Crippen LogP contribution in [0.25, 0.3) is 0 Å². The maximum absolute atomic E-state index is 10.8. The van der Waals surface area contributed by atoms with Gasteiger partial charge in [0.2, 0.25) is 0 Å². The molecule has 0 aliphatic heterocycles. The summed E-state index contributed by atoms with van der Waals surface area (Å²) in [7, 11) is -3.77. The average Bonchev–Trinajstić information content (AvgIpc) is 2.14. The second kappa shape index (κ2) is 4.79. The molecular formula is C9H11N3O2S. The van der Waals surface area contributed by atoms with Crippen LogP contribution in [0.5, 0.6) is 0 Å². The lowest BCUT2D eigenvalue weighted by molar-refractivity contribution is 0.603. The molecule has 0 spiro atoms. The van der Waals surface area contributed by atoms with E-state index in [0.29, 0.717) is 11.3 Å². The molecule has 6 heteroatoms. The van der Waals surface area contributed by atoms with Crippen LogP contribution in [0.15, 0.2) is 24.3 Å². The van der Waals surface area contributed by atoms with E-state index in [2.05, 4.69) is 16.6 Å². The molecule has 0 bridgehead atoms. The first kappa shape index (κ1) is 11.5. The number of nitrogens with two attached hydrogens (primary N) is 2. The second-order valence-corrected chi connectivity index (χ2v) is 3.99. The quantitative estimate of drug-likeness (QED) is 0.598. The van der Waals surface area contributed by atoms with E-state index in [-0.39, 0.29) is 6.54 Å². The van der Waals surface area contributed by atoms with E-state index in [1.54, 1.807) is 24.3 Å². The standard InChI is InChI=1S/C9H11N3O2S/c10-7-3-5-8-4-1-2-6-9(8)12-15(11,13)14/h1-2,4,6,12H,7,10H2,(H2,11,13,14). The second-order valence-electron chi connectivity index (χ2n) is 2.70. The maximum atomic E-state index is 10.8. The molecule has 0 heterocycles. The van der Waals surface area contributed by atoms with Gasteiger partial charge in [-0.25, -0.2) is 5.14 Å². The number of rotatable bonds is 2. The van der Waals surface area contributed by atoms with Gasteiger partial charge in [-0.1, -0.05) is 24.0 Å². The molecule has 0 radical (unpaired) electrons. The Morgan fingerprint density at radius 3 is 2.60 bits per heavy atom. The van der Waals surface area contributed by atoms with Crippen LogP contribution in [0.2, 0.25) is 0 Å². The third-order valence-corrected chi connectivity index (χ3v) is 2.01. The van der Waals surface area contributed by atoms with E-state index in [4.69, 9.17) is 10.9 Å². The smallest absolute Gasteiger partial charge is 0.296 e. The first-order valence-electron chi connectivity index (χ1n) is 4.11. The highest BCUT2D eigenvalue weighted by molar-refractivity contribution is 7.90. The summed E-state index contributed by atoms with van der Waals surface area (Å²) >= 11 is 0. The summed E-state index contributed by atoms with van der Waals surface area (Å²) in [6, 6.07) is 6.68. The molecular weight excluding hydrogens is 214 g/mol. The van der Waals surface area contributed by atoms with Gasteiger partial charge in [0.15, 0.2) is 0 Å². The lowest BCUT2D eigenvalue weighted by Crippen LogP contribution is -2.22. The largest absolute Gasteiger partial charge is 0.320 e. The molecule has 0 saturated heterocycles. The van der Waals surface area contributed by atoms with Crippen LogP contribution in [-0.2, 0) is 10.2 Å². The summed E-state index contributed by atoms with van der Waals surface area (Å²) in [6.07, 6.45) is 0. The van der Waals surface area contributed by atoms with Gasteiger partial charge in [0.25, 0.3) is 10.2 Å². The lowest BCUT2D eigenvalue weighted by Gasteiger charge is -2.05. The minimum Gasteiger partial charge on any atom is -0.320 e. The Morgan fingerprint density at radius 2 is 2.00 bits per heavy atom. The highest BCUT2D eigenvalue weighted by Gasteiger charge is 2.04. The zero-order valence-corrected chi connectivity index (χ0v) is 8.71. The van der Waals surface area contributed by atoms with Crippen molar-refractivity contribution in [2.45, 2.75) is 0 Å². The van der Waals surface area contributed by atoms with Crippen LogP contribution >= 0.6 is 0 Å². The van der Waals surface area contributed by atoms with Gasteiger partial charge in [-0.3, -0.25) is 4.72 Å². The van der Waals surface area contributed by atoms with Gasteiger partial charge >= 0.3 is 0 Å². The normalized spacial score (nSPS) is 10.3. The fourth-order valence-corrected chi connectivity index (χ4v) is 1.47. The van der Waals surface area contributed by atoms with Crippen molar-refractivity contribution in [1.29, 1.82) is 0 Å². The Morgan fingerprint density at radius 1 is 1.33 bits per heavy atom. The number of hydrogen-bond donors (Lipinski definition) is 3. The van der Waals surface area contributed by atoms with Gasteiger partial charge in [-0.2, -0.15) is 8.42 Å². The number of benzene rings is 1. The number of para-hydroxylation sites is 1. The van der Waals surface area contributed by atoms with E-state index in [1.807, 2.05) is 0 Å². The van der Waals surface area contributed by atoms with E-state index in [9.17, 15) is 8.42 Å². The van der Waals surface area contributed by atoms with Gasteiger partial charge in [-0.05, 0) is 12.1 Å². The van der Waals surface area contributed by atoms with Crippen LogP contribution < -0.4 is 15.6 Å². The molecule has 1 aromatic rings. The molecule has 5 nitrogen and oxygen atoms in total. The molecule has 0 saturated carbocycles. The molecule has 0 aliphatic rings. The fourth-order valence-electron chi connectivity index (χ4n) is 0.981. The predicted molar refractivity (Wildman–Crippen MR) is 59.1 cm³/mol. The molecule has 0 unspecified atom stereocenters. The summed E-state index contributed by atoms with van der Waals surface area (Å²) in [6.45, 7) is 0.212. The molecule has 1 rings (SSSR count). The van der Waals surface area contributed by atoms with E-state index >= 15 is 0 Å². The maximum Gasteiger partial charge on any atom is 0.296 e. The molecule has 0 aromatic heterocycles. The number of hydrogen-bond acceptors (Lipinski definition) is 3. The SMILES string of the molecule is NCC#Cc1ccccc1NS(N)(=O)=O. The summed E-state index contributed by atoms with van der Waals surface area (Å²) in [5.41, 5.74) is 6.10. The van der Waals surface area contributed by atoms with E-state index < -0.39 is 10.2 Å². The fraction of sp³-hybridized carbons (Fsp3) is 0.111. The van der Waals surface area contributed by atoms with Crippen molar-refractivity contribution < 1.29 is 8.42 Å². The molecule has 1 aromatic carbocycles. The molecule has 0 amide bonds. The Labute approximate surface area is 88.7 Å². The Balaban J connectivity index is 3.07. The molecule has 0 aliphatic carbocycles. The van der Waals surface area contributed by atoms with E-state index in [0.717, 1.165) is 0 Å². The Hall–Kier alpha value is -1.55. The Bertz CT molecular complexity index is 500. The van der Waals surface area contributed by atoms with Gasteiger partial charge in [0.05, 0.1) is 12.2 Å². The highest BCUT2D eigenvalue weighted by Crippen LogP contribution is 2.13. The van der Waals surface area contributed by atoms with E-state index in [1.165, 1.54) is 0 Å². The van der Waals surface area contributed by atoms with Crippen LogP contribution in [-0.4, -0.2) is 15.0 Å². The minimum atomic E-state index is -3.77. The van der Waals surface area contributed by atoms with Gasteiger partial charge < -0.3 is 5.73 Å². The molecule has 15 heavy (non-hydrogen) atoms. The van der Waals surface area contributed by atoms with Crippen molar-refractivity contribution >= 4 is 15.9 Å². The lowest BCUT2D eigenvalue weighted by atomic mass is 10.2. The summed E-state index contributed by atoms with van der Waals surface area (Å²) in [5, 5.41) is 4.85. The van der Waals surface area contributed by atoms with Crippen LogP contribution in [0.1, 0.15) is 5.56 Å². The summed E-state index contributed by atoms with van der Waals surface area (Å²) in [4.78, 5) is 0. The van der Waals surface area contributed by atoms with Gasteiger partial charge in [0.1, 0.15) is 0 Å². The minimum absolute atomic E-state index is 0.212. The summed E-state index contributed by atoms with van der Waals surface area (Å²) in [5.74, 6) is 5.37.